The number of para-hydroxylation sites is 2. The third kappa shape index (κ3) is 4.00. The second-order valence-corrected chi connectivity index (χ2v) is 12.1. The van der Waals surface area contributed by atoms with Crippen LogP contribution >= 0.6 is 0 Å². The van der Waals surface area contributed by atoms with E-state index in [1.807, 2.05) is 12.1 Å². The summed E-state index contributed by atoms with van der Waals surface area (Å²) in [6, 6.07) is 57.8. The molecule has 0 aliphatic heterocycles. The van der Waals surface area contributed by atoms with Gasteiger partial charge in [-0.2, -0.15) is 0 Å². The molecule has 0 N–H and O–H groups in total. The maximum absolute atomic E-state index is 6.60. The lowest BCUT2D eigenvalue weighted by Crippen LogP contribution is -2.10. The summed E-state index contributed by atoms with van der Waals surface area (Å²) >= 11 is 0. The van der Waals surface area contributed by atoms with Gasteiger partial charge < -0.3 is 13.7 Å². The van der Waals surface area contributed by atoms with Crippen LogP contribution in [0.3, 0.4) is 0 Å². The van der Waals surface area contributed by atoms with Crippen LogP contribution < -0.4 is 4.90 Å². The SMILES string of the molecule is c1ccc2cc(N(c3ccc(-c4cccc5c4oc4ccccc45)cc3)c3cccc4oc5c6ccccc6ccc5c34)ccc2c1. The molecule has 0 saturated carbocycles. The zero-order valence-electron chi connectivity index (χ0n) is 25.4. The first-order valence-corrected chi connectivity index (χ1v) is 15.9. The van der Waals surface area contributed by atoms with Crippen molar-refractivity contribution in [3.8, 4) is 11.1 Å². The van der Waals surface area contributed by atoms with Crippen LogP contribution in [0.15, 0.2) is 173 Å². The van der Waals surface area contributed by atoms with Gasteiger partial charge in [-0.15, -0.1) is 0 Å². The molecule has 10 aromatic rings. The second-order valence-electron chi connectivity index (χ2n) is 12.1. The normalized spacial score (nSPS) is 11.8. The Hall–Kier alpha value is -6.32. The third-order valence-corrected chi connectivity index (χ3v) is 9.44. The van der Waals surface area contributed by atoms with Crippen molar-refractivity contribution in [2.75, 3.05) is 4.90 Å². The van der Waals surface area contributed by atoms with Crippen molar-refractivity contribution in [1.82, 2.24) is 0 Å². The third-order valence-electron chi connectivity index (χ3n) is 9.44. The van der Waals surface area contributed by atoms with Gasteiger partial charge in [0.2, 0.25) is 0 Å². The van der Waals surface area contributed by atoms with Crippen molar-refractivity contribution in [2.24, 2.45) is 0 Å². The summed E-state index contributed by atoms with van der Waals surface area (Å²) in [5.41, 5.74) is 9.00. The number of hydrogen-bond acceptors (Lipinski definition) is 3. The van der Waals surface area contributed by atoms with Crippen LogP contribution in [0, 0.1) is 0 Å². The molecule has 0 saturated heterocycles. The first-order chi connectivity index (χ1) is 23.3. The van der Waals surface area contributed by atoms with E-state index in [1.165, 1.54) is 16.2 Å². The molecule has 2 heterocycles. The van der Waals surface area contributed by atoms with Gasteiger partial charge >= 0.3 is 0 Å². The van der Waals surface area contributed by atoms with Crippen molar-refractivity contribution in [3.05, 3.63) is 164 Å². The van der Waals surface area contributed by atoms with E-state index < -0.39 is 0 Å². The molecule has 3 heteroatoms. The van der Waals surface area contributed by atoms with Gasteiger partial charge in [0.1, 0.15) is 22.3 Å². The first kappa shape index (κ1) is 26.0. The monoisotopic (exact) mass is 601 g/mol. The Morgan fingerprint density at radius 3 is 1.94 bits per heavy atom. The van der Waals surface area contributed by atoms with Crippen LogP contribution in [0.2, 0.25) is 0 Å². The number of benzene rings is 8. The molecule has 0 aliphatic carbocycles. The van der Waals surface area contributed by atoms with Crippen molar-refractivity contribution in [3.63, 3.8) is 0 Å². The molecule has 0 amide bonds. The highest BCUT2D eigenvalue weighted by Crippen LogP contribution is 2.45. The molecule has 8 aromatic carbocycles. The standard InChI is InChI=1S/C44H27NO2/c1-2-11-31-27-33(25-19-28(31)9-1)45(39-16-8-18-41-42(39)38-26-22-29-10-3-4-12-34(29)44(38)47-41)32-23-20-30(21-24-32)35-14-7-15-37-36-13-5-6-17-40(36)46-43(35)37/h1-27H. The van der Waals surface area contributed by atoms with Crippen LogP contribution in [0.25, 0.3) is 76.5 Å². The topological polar surface area (TPSA) is 29.5 Å². The van der Waals surface area contributed by atoms with E-state index in [0.29, 0.717) is 0 Å². The van der Waals surface area contributed by atoms with Gasteiger partial charge in [0.25, 0.3) is 0 Å². The van der Waals surface area contributed by atoms with Crippen LogP contribution in [-0.4, -0.2) is 0 Å². The van der Waals surface area contributed by atoms with E-state index in [1.54, 1.807) is 0 Å². The van der Waals surface area contributed by atoms with Crippen molar-refractivity contribution in [2.45, 2.75) is 0 Å². The van der Waals surface area contributed by atoms with Gasteiger partial charge in [-0.05, 0) is 70.3 Å². The number of furan rings is 2. The molecule has 0 radical (unpaired) electrons. The van der Waals surface area contributed by atoms with Gasteiger partial charge in [-0.1, -0.05) is 115 Å². The highest BCUT2D eigenvalue weighted by Gasteiger charge is 2.21. The fourth-order valence-electron chi connectivity index (χ4n) is 7.23. The molecular weight excluding hydrogens is 574 g/mol. The van der Waals surface area contributed by atoms with Crippen molar-refractivity contribution >= 4 is 82.5 Å². The number of fused-ring (bicyclic) bond motifs is 9. The largest absolute Gasteiger partial charge is 0.455 e. The fourth-order valence-corrected chi connectivity index (χ4v) is 7.23. The molecule has 0 fully saturated rings. The van der Waals surface area contributed by atoms with Gasteiger partial charge in [-0.25, -0.2) is 0 Å². The maximum atomic E-state index is 6.60. The highest BCUT2D eigenvalue weighted by atomic mass is 16.3. The summed E-state index contributed by atoms with van der Waals surface area (Å²) in [6.45, 7) is 0. The second kappa shape index (κ2) is 10.1. The smallest absolute Gasteiger partial charge is 0.143 e. The van der Waals surface area contributed by atoms with Gasteiger partial charge in [-0.3, -0.25) is 0 Å². The van der Waals surface area contributed by atoms with Crippen LogP contribution in [0.1, 0.15) is 0 Å². The minimum absolute atomic E-state index is 0.868. The summed E-state index contributed by atoms with van der Waals surface area (Å²) in [5, 5.41) is 9.16. The van der Waals surface area contributed by atoms with Crippen LogP contribution in [0.5, 0.6) is 0 Å². The lowest BCUT2D eigenvalue weighted by atomic mass is 10.0. The summed E-state index contributed by atoms with van der Waals surface area (Å²) in [4.78, 5) is 2.35. The lowest BCUT2D eigenvalue weighted by molar-refractivity contribution is 0.670. The molecule has 0 aliphatic rings. The van der Waals surface area contributed by atoms with Gasteiger partial charge in [0, 0.05) is 38.5 Å². The zero-order valence-corrected chi connectivity index (χ0v) is 25.4. The predicted octanol–water partition coefficient (Wildman–Crippen LogP) is 12.9. The Labute approximate surface area is 270 Å². The molecule has 10 rings (SSSR count). The molecule has 0 atom stereocenters. The van der Waals surface area contributed by atoms with Crippen LogP contribution in [-0.2, 0) is 0 Å². The Kier molecular flexibility index (Phi) is 5.57. The Balaban J connectivity index is 1.19. The lowest BCUT2D eigenvalue weighted by Gasteiger charge is -2.27. The molecule has 220 valence electrons. The predicted molar refractivity (Wildman–Crippen MR) is 196 cm³/mol. The maximum Gasteiger partial charge on any atom is 0.143 e. The molecule has 0 spiro atoms. The quantitative estimate of drug-likeness (QED) is 0.201. The summed E-state index contributed by atoms with van der Waals surface area (Å²) < 4.78 is 13.0. The Morgan fingerprint density at radius 2 is 1.04 bits per heavy atom. The fraction of sp³-hybridized carbons (Fsp3) is 0. The van der Waals surface area contributed by atoms with Crippen molar-refractivity contribution < 1.29 is 8.83 Å². The van der Waals surface area contributed by atoms with E-state index in [4.69, 9.17) is 8.83 Å². The molecule has 0 bridgehead atoms. The van der Waals surface area contributed by atoms with Gasteiger partial charge in [0.05, 0.1) is 11.1 Å². The number of nitrogens with zero attached hydrogens (tertiary/aromatic N) is 1. The molecule has 0 unspecified atom stereocenters. The zero-order chi connectivity index (χ0) is 30.9. The molecule has 47 heavy (non-hydrogen) atoms. The number of rotatable bonds is 4. The average molecular weight is 602 g/mol. The van der Waals surface area contributed by atoms with Gasteiger partial charge in [0.15, 0.2) is 0 Å². The minimum atomic E-state index is 0.868. The summed E-state index contributed by atoms with van der Waals surface area (Å²) in [7, 11) is 0. The van der Waals surface area contributed by atoms with Crippen LogP contribution in [0.4, 0.5) is 17.1 Å². The van der Waals surface area contributed by atoms with E-state index in [9.17, 15) is 0 Å². The average Bonchev–Trinajstić information content (AvgIpc) is 3.71. The minimum Gasteiger partial charge on any atom is -0.455 e. The molecule has 2 aromatic heterocycles. The number of anilines is 3. The Morgan fingerprint density at radius 1 is 0.383 bits per heavy atom. The van der Waals surface area contributed by atoms with Crippen molar-refractivity contribution in [1.29, 1.82) is 0 Å². The van der Waals surface area contributed by atoms with E-state index >= 15 is 0 Å². The van der Waals surface area contributed by atoms with E-state index in [2.05, 4.69) is 157 Å². The molecular formula is C44H27NO2. The summed E-state index contributed by atoms with van der Waals surface area (Å²) in [5.74, 6) is 0. The van der Waals surface area contributed by atoms with E-state index in [-0.39, 0.29) is 0 Å². The Bertz CT molecular complexity index is 2800. The highest BCUT2D eigenvalue weighted by molar-refractivity contribution is 6.19. The molecule has 3 nitrogen and oxygen atoms in total. The number of hydrogen-bond donors (Lipinski definition) is 0. The first-order valence-electron chi connectivity index (χ1n) is 15.9. The summed E-state index contributed by atoms with van der Waals surface area (Å²) in [6.07, 6.45) is 0. The van der Waals surface area contributed by atoms with E-state index in [0.717, 1.165) is 77.5 Å².